The fourth-order valence-corrected chi connectivity index (χ4v) is 3.65. The molecule has 0 radical (unpaired) electrons. The lowest BCUT2D eigenvalue weighted by Crippen LogP contribution is -2.46. The maximum atomic E-state index is 12.5. The summed E-state index contributed by atoms with van der Waals surface area (Å²) < 4.78 is 58.1. The molecule has 1 heterocycles. The SMILES string of the molecule is COc1ccc([C@@H]2[C@@H](CO)OCCN2Cc2cccc(OC(F)(F)F)c2)cc1OC. The Labute approximate surface area is 172 Å². The summed E-state index contributed by atoms with van der Waals surface area (Å²) in [6.45, 7) is 1.09. The maximum Gasteiger partial charge on any atom is 0.573 e. The van der Waals surface area contributed by atoms with Gasteiger partial charge >= 0.3 is 6.36 Å². The van der Waals surface area contributed by atoms with Crippen molar-refractivity contribution in [2.45, 2.75) is 25.1 Å². The van der Waals surface area contributed by atoms with Gasteiger partial charge in [0.2, 0.25) is 0 Å². The second-order valence-corrected chi connectivity index (χ2v) is 6.82. The van der Waals surface area contributed by atoms with Crippen LogP contribution in [0.2, 0.25) is 0 Å². The summed E-state index contributed by atoms with van der Waals surface area (Å²) in [5.41, 5.74) is 1.50. The van der Waals surface area contributed by atoms with Crippen molar-refractivity contribution >= 4 is 0 Å². The molecule has 0 spiro atoms. The fraction of sp³-hybridized carbons (Fsp3) is 0.429. The van der Waals surface area contributed by atoms with Crippen LogP contribution in [-0.4, -0.2) is 56.5 Å². The zero-order chi connectivity index (χ0) is 21.7. The van der Waals surface area contributed by atoms with Crippen LogP contribution in [0.15, 0.2) is 42.5 Å². The molecule has 164 valence electrons. The van der Waals surface area contributed by atoms with Gasteiger partial charge in [-0.05, 0) is 35.4 Å². The lowest BCUT2D eigenvalue weighted by atomic mass is 9.97. The number of hydrogen-bond donors (Lipinski definition) is 1. The van der Waals surface area contributed by atoms with Crippen LogP contribution in [-0.2, 0) is 11.3 Å². The molecule has 0 bridgehead atoms. The second kappa shape index (κ2) is 9.55. The fourth-order valence-electron chi connectivity index (χ4n) is 3.65. The second-order valence-electron chi connectivity index (χ2n) is 6.82. The molecule has 2 atom stereocenters. The minimum atomic E-state index is -4.75. The molecule has 1 aliphatic rings. The molecule has 2 aromatic carbocycles. The van der Waals surface area contributed by atoms with Crippen molar-refractivity contribution in [1.82, 2.24) is 4.90 Å². The topological polar surface area (TPSA) is 60.4 Å². The van der Waals surface area contributed by atoms with E-state index in [1.165, 1.54) is 25.3 Å². The summed E-state index contributed by atoms with van der Waals surface area (Å²) in [6.07, 6.45) is -5.24. The Morgan fingerprint density at radius 3 is 2.53 bits per heavy atom. The van der Waals surface area contributed by atoms with E-state index in [0.717, 1.165) is 5.56 Å². The molecular weight excluding hydrogens is 403 g/mol. The third kappa shape index (κ3) is 5.35. The zero-order valence-electron chi connectivity index (χ0n) is 16.7. The Hall–Kier alpha value is -2.49. The number of ether oxygens (including phenoxy) is 4. The van der Waals surface area contributed by atoms with E-state index < -0.39 is 12.5 Å². The highest BCUT2D eigenvalue weighted by atomic mass is 19.4. The quantitative estimate of drug-likeness (QED) is 0.730. The Morgan fingerprint density at radius 1 is 1.10 bits per heavy atom. The third-order valence-corrected chi connectivity index (χ3v) is 4.90. The van der Waals surface area contributed by atoms with Crippen LogP contribution in [0.4, 0.5) is 13.2 Å². The smallest absolute Gasteiger partial charge is 0.493 e. The molecule has 2 aromatic rings. The minimum Gasteiger partial charge on any atom is -0.493 e. The van der Waals surface area contributed by atoms with Crippen molar-refractivity contribution in [2.75, 3.05) is 34.0 Å². The predicted octanol–water partition coefficient (Wildman–Crippen LogP) is 3.54. The summed E-state index contributed by atoms with van der Waals surface area (Å²) in [6, 6.07) is 11.0. The average Bonchev–Trinajstić information content (AvgIpc) is 2.72. The van der Waals surface area contributed by atoms with Crippen LogP contribution in [0, 0.1) is 0 Å². The average molecular weight is 427 g/mol. The molecule has 30 heavy (non-hydrogen) atoms. The molecule has 1 saturated heterocycles. The van der Waals surface area contributed by atoms with Crippen molar-refractivity contribution < 1.29 is 37.2 Å². The number of aliphatic hydroxyl groups excluding tert-OH is 1. The van der Waals surface area contributed by atoms with E-state index in [0.29, 0.717) is 36.8 Å². The highest BCUT2D eigenvalue weighted by Crippen LogP contribution is 2.36. The van der Waals surface area contributed by atoms with E-state index in [-0.39, 0.29) is 18.4 Å². The van der Waals surface area contributed by atoms with Crippen LogP contribution >= 0.6 is 0 Å². The molecule has 0 unspecified atom stereocenters. The number of alkyl halides is 3. The highest BCUT2D eigenvalue weighted by Gasteiger charge is 2.34. The Bertz CT molecular complexity index is 846. The molecule has 0 aliphatic carbocycles. The third-order valence-electron chi connectivity index (χ3n) is 4.90. The Balaban J connectivity index is 1.88. The number of hydrogen-bond acceptors (Lipinski definition) is 6. The van der Waals surface area contributed by atoms with Gasteiger partial charge in [-0.15, -0.1) is 13.2 Å². The number of aliphatic hydroxyl groups is 1. The number of rotatable bonds is 7. The van der Waals surface area contributed by atoms with Crippen LogP contribution < -0.4 is 14.2 Å². The molecule has 0 amide bonds. The molecule has 1 aliphatic heterocycles. The van der Waals surface area contributed by atoms with Crippen molar-refractivity contribution in [1.29, 1.82) is 0 Å². The van der Waals surface area contributed by atoms with Gasteiger partial charge in [0, 0.05) is 13.1 Å². The van der Waals surface area contributed by atoms with E-state index in [1.807, 2.05) is 12.1 Å². The van der Waals surface area contributed by atoms with Crippen molar-refractivity contribution in [3.8, 4) is 17.2 Å². The first kappa shape index (κ1) is 22.2. The molecule has 1 fully saturated rings. The standard InChI is InChI=1S/C21H24F3NO5/c1-27-17-7-6-15(11-18(17)28-2)20-19(13-26)29-9-8-25(20)12-14-4-3-5-16(10-14)30-21(22,23)24/h3-7,10-11,19-20,26H,8-9,12-13H2,1-2H3/t19-,20-/m1/s1. The highest BCUT2D eigenvalue weighted by molar-refractivity contribution is 5.44. The van der Waals surface area contributed by atoms with Gasteiger partial charge < -0.3 is 24.1 Å². The summed E-state index contributed by atoms with van der Waals surface area (Å²) >= 11 is 0. The zero-order valence-corrected chi connectivity index (χ0v) is 16.7. The monoisotopic (exact) mass is 427 g/mol. The normalized spacial score (nSPS) is 20.1. The van der Waals surface area contributed by atoms with E-state index >= 15 is 0 Å². The van der Waals surface area contributed by atoms with Gasteiger partial charge in [-0.3, -0.25) is 4.90 Å². The lowest BCUT2D eigenvalue weighted by molar-refractivity contribution is -0.274. The van der Waals surface area contributed by atoms with Crippen molar-refractivity contribution in [3.05, 3.63) is 53.6 Å². The Morgan fingerprint density at radius 2 is 1.87 bits per heavy atom. The van der Waals surface area contributed by atoms with E-state index in [1.54, 1.807) is 19.2 Å². The number of benzene rings is 2. The minimum absolute atomic E-state index is 0.202. The van der Waals surface area contributed by atoms with Crippen molar-refractivity contribution in [3.63, 3.8) is 0 Å². The van der Waals surface area contributed by atoms with Gasteiger partial charge in [-0.2, -0.15) is 0 Å². The molecule has 0 aromatic heterocycles. The number of nitrogens with zero attached hydrogens (tertiary/aromatic N) is 1. The lowest BCUT2D eigenvalue weighted by Gasteiger charge is -2.41. The van der Waals surface area contributed by atoms with E-state index in [9.17, 15) is 18.3 Å². The summed E-state index contributed by atoms with van der Waals surface area (Å²) in [5.74, 6) is 0.842. The van der Waals surface area contributed by atoms with Gasteiger partial charge in [-0.1, -0.05) is 18.2 Å². The summed E-state index contributed by atoms with van der Waals surface area (Å²) in [5, 5.41) is 9.85. The first-order valence-electron chi connectivity index (χ1n) is 9.37. The maximum absolute atomic E-state index is 12.5. The number of methoxy groups -OCH3 is 2. The molecule has 3 rings (SSSR count). The van der Waals surface area contributed by atoms with Crippen molar-refractivity contribution in [2.24, 2.45) is 0 Å². The predicted molar refractivity (Wildman–Crippen MR) is 103 cm³/mol. The van der Waals surface area contributed by atoms with Crippen LogP contribution in [0.25, 0.3) is 0 Å². The van der Waals surface area contributed by atoms with Crippen LogP contribution in [0.1, 0.15) is 17.2 Å². The molecule has 0 saturated carbocycles. The summed E-state index contributed by atoms with van der Waals surface area (Å²) in [7, 11) is 3.08. The van der Waals surface area contributed by atoms with Gasteiger partial charge in [0.25, 0.3) is 0 Å². The van der Waals surface area contributed by atoms with Gasteiger partial charge in [0.15, 0.2) is 11.5 Å². The summed E-state index contributed by atoms with van der Waals surface area (Å²) in [4.78, 5) is 2.05. The Kier molecular flexibility index (Phi) is 7.06. The molecule has 1 N–H and O–H groups in total. The molecular formula is C21H24F3NO5. The number of halogens is 3. The van der Waals surface area contributed by atoms with Gasteiger partial charge in [-0.25, -0.2) is 0 Å². The first-order chi connectivity index (χ1) is 14.3. The molecule has 6 nitrogen and oxygen atoms in total. The van der Waals surface area contributed by atoms with E-state index in [2.05, 4.69) is 9.64 Å². The first-order valence-corrected chi connectivity index (χ1v) is 9.37. The number of morpholine rings is 1. The van der Waals surface area contributed by atoms with E-state index in [4.69, 9.17) is 14.2 Å². The van der Waals surface area contributed by atoms with Gasteiger partial charge in [0.05, 0.1) is 33.5 Å². The molecule has 9 heteroatoms. The van der Waals surface area contributed by atoms with Gasteiger partial charge in [0.1, 0.15) is 11.9 Å². The van der Waals surface area contributed by atoms with Crippen LogP contribution in [0.5, 0.6) is 17.2 Å². The van der Waals surface area contributed by atoms with Crippen LogP contribution in [0.3, 0.4) is 0 Å². The largest absolute Gasteiger partial charge is 0.573 e.